The molecule has 0 aromatic carbocycles. The number of tetrazole rings is 1. The highest BCUT2D eigenvalue weighted by molar-refractivity contribution is 7.08. The van der Waals surface area contributed by atoms with Crippen LogP contribution in [0.5, 0.6) is 0 Å². The van der Waals surface area contributed by atoms with E-state index < -0.39 is 0 Å². The van der Waals surface area contributed by atoms with Crippen LogP contribution in [0.25, 0.3) is 11.4 Å². The second kappa shape index (κ2) is 5.90. The summed E-state index contributed by atoms with van der Waals surface area (Å²) in [5.74, 6) is 0.666. The van der Waals surface area contributed by atoms with Gasteiger partial charge in [0.25, 0.3) is 0 Å². The van der Waals surface area contributed by atoms with E-state index in [1.165, 1.54) is 4.80 Å². The normalized spacial score (nSPS) is 19.9. The number of carbonyl (C=O) groups is 1. The van der Waals surface area contributed by atoms with Crippen LogP contribution in [0.2, 0.25) is 0 Å². The molecular formula is C13H17N5O2S. The van der Waals surface area contributed by atoms with Gasteiger partial charge in [0.05, 0.1) is 6.10 Å². The molecule has 2 aromatic heterocycles. The van der Waals surface area contributed by atoms with Gasteiger partial charge in [-0.05, 0) is 30.0 Å². The fourth-order valence-corrected chi connectivity index (χ4v) is 3.08. The van der Waals surface area contributed by atoms with Crippen LogP contribution in [0, 0.1) is 5.92 Å². The topological polar surface area (TPSA) is 84.1 Å². The van der Waals surface area contributed by atoms with Crippen molar-refractivity contribution in [2.75, 3.05) is 13.1 Å². The number of aromatic nitrogens is 4. The van der Waals surface area contributed by atoms with Crippen LogP contribution in [0.3, 0.4) is 0 Å². The molecule has 0 aliphatic carbocycles. The van der Waals surface area contributed by atoms with Crippen LogP contribution in [0.15, 0.2) is 16.8 Å². The first kappa shape index (κ1) is 14.2. The lowest BCUT2D eigenvalue weighted by Gasteiger charge is -2.17. The van der Waals surface area contributed by atoms with E-state index in [-0.39, 0.29) is 24.5 Å². The summed E-state index contributed by atoms with van der Waals surface area (Å²) < 4.78 is 0. The van der Waals surface area contributed by atoms with Crippen LogP contribution in [0.4, 0.5) is 0 Å². The third-order valence-corrected chi connectivity index (χ3v) is 4.45. The third-order valence-electron chi connectivity index (χ3n) is 3.77. The van der Waals surface area contributed by atoms with E-state index in [1.54, 1.807) is 23.2 Å². The maximum atomic E-state index is 12.2. The van der Waals surface area contributed by atoms with E-state index in [1.807, 2.05) is 16.8 Å². The fraction of sp³-hybridized carbons (Fsp3) is 0.538. The maximum Gasteiger partial charge on any atom is 0.246 e. The Morgan fingerprint density at radius 1 is 1.62 bits per heavy atom. The standard InChI is InChI=1S/C13H17N5O2S/c1-9(19)10-2-4-17(6-10)12(20)7-18-15-13(14-16-18)11-3-5-21-8-11/h3,5,8-10,19H,2,4,6-7H2,1H3. The van der Waals surface area contributed by atoms with Crippen molar-refractivity contribution in [2.45, 2.75) is 26.0 Å². The minimum absolute atomic E-state index is 0.0348. The molecule has 8 heteroatoms. The summed E-state index contributed by atoms with van der Waals surface area (Å²) in [5, 5.41) is 25.6. The Hall–Kier alpha value is -1.80. The van der Waals surface area contributed by atoms with Gasteiger partial charge in [-0.2, -0.15) is 16.1 Å². The lowest BCUT2D eigenvalue weighted by Crippen LogP contribution is -2.33. The zero-order valence-electron chi connectivity index (χ0n) is 11.7. The van der Waals surface area contributed by atoms with E-state index in [4.69, 9.17) is 0 Å². The minimum Gasteiger partial charge on any atom is -0.393 e. The Morgan fingerprint density at radius 2 is 2.48 bits per heavy atom. The predicted molar refractivity (Wildman–Crippen MR) is 77.5 cm³/mol. The first-order chi connectivity index (χ1) is 10.1. The molecule has 1 saturated heterocycles. The van der Waals surface area contributed by atoms with Crippen LogP contribution >= 0.6 is 11.3 Å². The molecule has 1 amide bonds. The van der Waals surface area contributed by atoms with Crippen molar-refractivity contribution < 1.29 is 9.90 Å². The van der Waals surface area contributed by atoms with Gasteiger partial charge in [0, 0.05) is 30.0 Å². The smallest absolute Gasteiger partial charge is 0.246 e. The first-order valence-corrected chi connectivity index (χ1v) is 7.84. The van der Waals surface area contributed by atoms with Gasteiger partial charge < -0.3 is 10.0 Å². The van der Waals surface area contributed by atoms with Crippen LogP contribution in [-0.4, -0.2) is 55.3 Å². The van der Waals surface area contributed by atoms with E-state index in [0.717, 1.165) is 12.0 Å². The molecule has 21 heavy (non-hydrogen) atoms. The second-order valence-corrected chi connectivity index (χ2v) is 6.06. The van der Waals surface area contributed by atoms with E-state index in [2.05, 4.69) is 15.4 Å². The summed E-state index contributed by atoms with van der Waals surface area (Å²) >= 11 is 1.56. The number of rotatable bonds is 4. The fourth-order valence-electron chi connectivity index (χ4n) is 2.45. The van der Waals surface area contributed by atoms with Crippen LogP contribution < -0.4 is 0 Å². The summed E-state index contributed by atoms with van der Waals surface area (Å²) in [4.78, 5) is 15.3. The van der Waals surface area contributed by atoms with Gasteiger partial charge in [-0.1, -0.05) is 0 Å². The van der Waals surface area contributed by atoms with E-state index in [9.17, 15) is 9.90 Å². The molecule has 7 nitrogen and oxygen atoms in total. The molecule has 3 rings (SSSR count). The van der Waals surface area contributed by atoms with Gasteiger partial charge in [0.1, 0.15) is 6.54 Å². The number of thiophene rings is 1. The van der Waals surface area contributed by atoms with Crippen molar-refractivity contribution in [1.29, 1.82) is 0 Å². The summed E-state index contributed by atoms with van der Waals surface area (Å²) in [5.41, 5.74) is 0.911. The number of aliphatic hydroxyl groups excluding tert-OH is 1. The maximum absolute atomic E-state index is 12.2. The Labute approximate surface area is 126 Å². The van der Waals surface area contributed by atoms with Crippen molar-refractivity contribution >= 4 is 17.2 Å². The lowest BCUT2D eigenvalue weighted by atomic mass is 10.0. The average Bonchev–Trinajstić information content (AvgIpc) is 3.19. The molecule has 112 valence electrons. The monoisotopic (exact) mass is 307 g/mol. The minimum atomic E-state index is -0.377. The van der Waals surface area contributed by atoms with Gasteiger partial charge in [-0.15, -0.1) is 10.2 Å². The molecule has 0 saturated carbocycles. The average molecular weight is 307 g/mol. The number of hydrogen-bond donors (Lipinski definition) is 1. The van der Waals surface area contributed by atoms with E-state index >= 15 is 0 Å². The van der Waals surface area contributed by atoms with Crippen LogP contribution in [-0.2, 0) is 11.3 Å². The molecule has 1 N–H and O–H groups in total. The molecule has 2 unspecified atom stereocenters. The summed E-state index contributed by atoms with van der Waals surface area (Å²) in [6, 6.07) is 1.92. The Balaban J connectivity index is 1.61. The quantitative estimate of drug-likeness (QED) is 0.895. The van der Waals surface area contributed by atoms with Crippen molar-refractivity contribution in [1.82, 2.24) is 25.1 Å². The molecule has 1 fully saturated rings. The molecule has 0 bridgehead atoms. The summed E-state index contributed by atoms with van der Waals surface area (Å²) in [7, 11) is 0. The molecule has 1 aliphatic rings. The highest BCUT2D eigenvalue weighted by Crippen LogP contribution is 2.20. The van der Waals surface area contributed by atoms with Gasteiger partial charge in [-0.3, -0.25) is 4.79 Å². The van der Waals surface area contributed by atoms with Crippen molar-refractivity contribution in [3.8, 4) is 11.4 Å². The number of carbonyl (C=O) groups excluding carboxylic acids is 1. The van der Waals surface area contributed by atoms with Gasteiger partial charge >= 0.3 is 0 Å². The Morgan fingerprint density at radius 3 is 3.14 bits per heavy atom. The summed E-state index contributed by atoms with van der Waals surface area (Å²) in [6.07, 6.45) is 0.464. The molecule has 2 aromatic rings. The number of likely N-dealkylation sites (tertiary alicyclic amines) is 1. The van der Waals surface area contributed by atoms with Crippen molar-refractivity contribution in [2.24, 2.45) is 5.92 Å². The van der Waals surface area contributed by atoms with Gasteiger partial charge in [0.2, 0.25) is 11.7 Å². The van der Waals surface area contributed by atoms with E-state index in [0.29, 0.717) is 18.9 Å². The Kier molecular flexibility index (Phi) is 3.98. The number of nitrogens with zero attached hydrogens (tertiary/aromatic N) is 5. The molecular weight excluding hydrogens is 290 g/mol. The van der Waals surface area contributed by atoms with Crippen LogP contribution in [0.1, 0.15) is 13.3 Å². The SMILES string of the molecule is CC(O)C1CCN(C(=O)Cn2nnc(-c3ccsc3)n2)C1. The third kappa shape index (κ3) is 3.11. The molecule has 0 spiro atoms. The zero-order chi connectivity index (χ0) is 14.8. The predicted octanol–water partition coefficient (Wildman–Crippen LogP) is 0.631. The molecule has 3 heterocycles. The Bertz CT molecular complexity index is 610. The number of hydrogen-bond acceptors (Lipinski definition) is 6. The van der Waals surface area contributed by atoms with Gasteiger partial charge in [0.15, 0.2) is 0 Å². The lowest BCUT2D eigenvalue weighted by molar-refractivity contribution is -0.131. The number of amides is 1. The summed E-state index contributed by atoms with van der Waals surface area (Å²) in [6.45, 7) is 3.14. The molecule has 1 aliphatic heterocycles. The van der Waals surface area contributed by atoms with Crippen molar-refractivity contribution in [3.63, 3.8) is 0 Å². The highest BCUT2D eigenvalue weighted by atomic mass is 32.1. The van der Waals surface area contributed by atoms with Gasteiger partial charge in [-0.25, -0.2) is 0 Å². The zero-order valence-corrected chi connectivity index (χ0v) is 12.5. The first-order valence-electron chi connectivity index (χ1n) is 6.89. The molecule has 2 atom stereocenters. The highest BCUT2D eigenvalue weighted by Gasteiger charge is 2.29. The number of aliphatic hydroxyl groups is 1. The second-order valence-electron chi connectivity index (χ2n) is 5.28. The molecule has 0 radical (unpaired) electrons. The van der Waals surface area contributed by atoms with Crippen molar-refractivity contribution in [3.05, 3.63) is 16.8 Å². The largest absolute Gasteiger partial charge is 0.393 e.